The van der Waals surface area contributed by atoms with Gasteiger partial charge in [0.25, 0.3) is 5.91 Å². The number of carbonyl (C=O) groups excluding carboxylic acids is 3. The van der Waals surface area contributed by atoms with E-state index in [0.717, 1.165) is 11.1 Å². The fraction of sp³-hybridized carbons (Fsp3) is 0.435. The van der Waals surface area contributed by atoms with Crippen LogP contribution < -0.4 is 15.4 Å². The number of hydrogen-bond acceptors (Lipinski definition) is 6. The van der Waals surface area contributed by atoms with E-state index in [-0.39, 0.29) is 36.3 Å². The van der Waals surface area contributed by atoms with Gasteiger partial charge in [0.05, 0.1) is 22.8 Å². The minimum atomic E-state index is -0.508. The Kier molecular flexibility index (Phi) is 5.69. The summed E-state index contributed by atoms with van der Waals surface area (Å²) in [5, 5.41) is 15.0. The Balaban J connectivity index is 1.53. The van der Waals surface area contributed by atoms with Crippen LogP contribution in [0.1, 0.15) is 50.9 Å². The number of anilines is 1. The van der Waals surface area contributed by atoms with Crippen LogP contribution in [0.4, 0.5) is 5.82 Å². The molecule has 0 aliphatic carbocycles. The van der Waals surface area contributed by atoms with Crippen molar-refractivity contribution in [2.75, 3.05) is 11.9 Å². The van der Waals surface area contributed by atoms with Gasteiger partial charge in [0.1, 0.15) is 17.1 Å². The van der Waals surface area contributed by atoms with E-state index in [1.54, 1.807) is 28.5 Å². The first-order chi connectivity index (χ1) is 15.5. The average molecular weight is 453 g/mol. The SMILES string of the molecule is Cc1cc(NC(=O)COc2cccc3c(C4CCC(=O)NC4=O)nn(C)c23)n(C(C)(C)C)n1. The Hall–Kier alpha value is -3.69. The minimum absolute atomic E-state index is 0.202. The summed E-state index contributed by atoms with van der Waals surface area (Å²) in [5.41, 5.74) is 1.80. The maximum atomic E-state index is 12.6. The standard InChI is InChI=1S/C23H28N6O4/c1-13-11-17(29(26-13)23(2,3)4)24-19(31)12-33-16-8-6-7-14-20(27-28(5)21(14)16)15-9-10-18(30)25-22(15)32/h6-8,11,15H,9-10,12H2,1-5H3,(H,24,31)(H,25,30,32). The molecule has 0 saturated carbocycles. The lowest BCUT2D eigenvalue weighted by Gasteiger charge is -2.22. The van der Waals surface area contributed by atoms with E-state index < -0.39 is 5.92 Å². The molecule has 0 radical (unpaired) electrons. The number of ether oxygens (including phenoxy) is 1. The number of aromatic nitrogens is 4. The average Bonchev–Trinajstić information content (AvgIpc) is 3.26. The Morgan fingerprint density at radius 2 is 2.03 bits per heavy atom. The number of fused-ring (bicyclic) bond motifs is 1. The number of hydrogen-bond donors (Lipinski definition) is 2. The first kappa shape index (κ1) is 22.5. The van der Waals surface area contributed by atoms with Crippen LogP contribution >= 0.6 is 0 Å². The second kappa shape index (κ2) is 8.34. The van der Waals surface area contributed by atoms with Crippen LogP contribution in [0.2, 0.25) is 0 Å². The number of nitrogens with one attached hydrogen (secondary N) is 2. The molecule has 0 spiro atoms. The highest BCUT2D eigenvalue weighted by molar-refractivity contribution is 6.03. The van der Waals surface area contributed by atoms with Gasteiger partial charge in [0.15, 0.2) is 6.61 Å². The highest BCUT2D eigenvalue weighted by atomic mass is 16.5. The van der Waals surface area contributed by atoms with Crippen LogP contribution in [0.25, 0.3) is 10.9 Å². The van der Waals surface area contributed by atoms with Crippen molar-refractivity contribution in [3.63, 3.8) is 0 Å². The van der Waals surface area contributed by atoms with Gasteiger partial charge in [-0.05, 0) is 40.2 Å². The van der Waals surface area contributed by atoms with E-state index in [4.69, 9.17) is 4.74 Å². The first-order valence-corrected chi connectivity index (χ1v) is 10.8. The summed E-state index contributed by atoms with van der Waals surface area (Å²) < 4.78 is 9.26. The molecular weight excluding hydrogens is 424 g/mol. The number of rotatable bonds is 5. The number of imide groups is 1. The van der Waals surface area contributed by atoms with Crippen molar-refractivity contribution in [3.8, 4) is 5.75 Å². The first-order valence-electron chi connectivity index (χ1n) is 10.8. The fourth-order valence-electron chi connectivity index (χ4n) is 4.08. The van der Waals surface area contributed by atoms with Crippen molar-refractivity contribution in [3.05, 3.63) is 35.7 Å². The molecule has 1 atom stereocenters. The van der Waals surface area contributed by atoms with Gasteiger partial charge in [-0.2, -0.15) is 10.2 Å². The van der Waals surface area contributed by atoms with Crippen LogP contribution in [-0.4, -0.2) is 43.9 Å². The minimum Gasteiger partial charge on any atom is -0.481 e. The van der Waals surface area contributed by atoms with E-state index in [1.807, 2.05) is 39.8 Å². The van der Waals surface area contributed by atoms with Gasteiger partial charge < -0.3 is 10.1 Å². The Morgan fingerprint density at radius 3 is 2.73 bits per heavy atom. The number of benzene rings is 1. The molecule has 10 nitrogen and oxygen atoms in total. The summed E-state index contributed by atoms with van der Waals surface area (Å²) in [6.07, 6.45) is 0.681. The maximum absolute atomic E-state index is 12.6. The number of amides is 3. The highest BCUT2D eigenvalue weighted by Crippen LogP contribution is 2.34. The van der Waals surface area contributed by atoms with Crippen LogP contribution in [0.3, 0.4) is 0 Å². The normalized spacial score (nSPS) is 16.7. The number of piperidine rings is 1. The van der Waals surface area contributed by atoms with Gasteiger partial charge >= 0.3 is 0 Å². The van der Waals surface area contributed by atoms with E-state index in [2.05, 4.69) is 20.8 Å². The molecule has 33 heavy (non-hydrogen) atoms. The molecule has 1 aliphatic heterocycles. The van der Waals surface area contributed by atoms with Crippen molar-refractivity contribution in [1.82, 2.24) is 24.9 Å². The molecule has 2 N–H and O–H groups in total. The predicted octanol–water partition coefficient (Wildman–Crippen LogP) is 2.37. The third kappa shape index (κ3) is 4.46. The molecule has 1 aliphatic rings. The predicted molar refractivity (Wildman–Crippen MR) is 122 cm³/mol. The number of nitrogens with zero attached hydrogens (tertiary/aromatic N) is 4. The monoisotopic (exact) mass is 452 g/mol. The van der Waals surface area contributed by atoms with Gasteiger partial charge in [-0.15, -0.1) is 0 Å². The molecule has 3 heterocycles. The largest absolute Gasteiger partial charge is 0.481 e. The Morgan fingerprint density at radius 1 is 1.27 bits per heavy atom. The van der Waals surface area contributed by atoms with Crippen molar-refractivity contribution in [1.29, 1.82) is 0 Å². The molecule has 1 saturated heterocycles. The van der Waals surface area contributed by atoms with Crippen LogP contribution in [0, 0.1) is 6.92 Å². The molecule has 10 heteroatoms. The van der Waals surface area contributed by atoms with E-state index in [1.165, 1.54) is 0 Å². The molecule has 174 valence electrons. The Bertz CT molecular complexity index is 1250. The third-order valence-corrected chi connectivity index (χ3v) is 5.52. The zero-order chi connectivity index (χ0) is 23.9. The molecule has 2 aromatic heterocycles. The molecule has 4 rings (SSSR count). The second-order valence-electron chi connectivity index (χ2n) is 9.26. The van der Waals surface area contributed by atoms with Gasteiger partial charge in [-0.1, -0.05) is 12.1 Å². The summed E-state index contributed by atoms with van der Waals surface area (Å²) in [7, 11) is 1.76. The summed E-state index contributed by atoms with van der Waals surface area (Å²) in [5.74, 6) is -0.350. The van der Waals surface area contributed by atoms with Gasteiger partial charge in [-0.3, -0.25) is 24.4 Å². The van der Waals surface area contributed by atoms with E-state index in [9.17, 15) is 14.4 Å². The zero-order valence-corrected chi connectivity index (χ0v) is 19.4. The molecular formula is C23H28N6O4. The fourth-order valence-corrected chi connectivity index (χ4v) is 4.08. The van der Waals surface area contributed by atoms with Crippen molar-refractivity contribution < 1.29 is 19.1 Å². The zero-order valence-electron chi connectivity index (χ0n) is 19.4. The van der Waals surface area contributed by atoms with Crippen molar-refractivity contribution in [2.24, 2.45) is 7.05 Å². The third-order valence-electron chi connectivity index (χ3n) is 5.52. The van der Waals surface area contributed by atoms with E-state index >= 15 is 0 Å². The van der Waals surface area contributed by atoms with Crippen molar-refractivity contribution >= 4 is 34.4 Å². The number of aryl methyl sites for hydroxylation is 2. The number of para-hydroxylation sites is 1. The Labute approximate surface area is 191 Å². The van der Waals surface area contributed by atoms with Crippen LogP contribution in [-0.2, 0) is 27.0 Å². The van der Waals surface area contributed by atoms with Gasteiger partial charge in [-0.25, -0.2) is 4.68 Å². The van der Waals surface area contributed by atoms with Crippen molar-refractivity contribution in [2.45, 2.75) is 52.0 Å². The molecule has 3 aromatic rings. The number of carbonyl (C=O) groups is 3. The molecule has 3 amide bonds. The molecule has 1 aromatic carbocycles. The maximum Gasteiger partial charge on any atom is 0.263 e. The lowest BCUT2D eigenvalue weighted by atomic mass is 9.93. The van der Waals surface area contributed by atoms with Crippen LogP contribution in [0.5, 0.6) is 5.75 Å². The summed E-state index contributed by atoms with van der Waals surface area (Å²) >= 11 is 0. The molecule has 0 bridgehead atoms. The molecule has 1 fully saturated rings. The lowest BCUT2D eigenvalue weighted by molar-refractivity contribution is -0.134. The summed E-state index contributed by atoms with van der Waals surface area (Å²) in [4.78, 5) is 36.5. The molecule has 1 unspecified atom stereocenters. The van der Waals surface area contributed by atoms with E-state index in [0.29, 0.717) is 29.2 Å². The second-order valence-corrected chi connectivity index (χ2v) is 9.26. The van der Waals surface area contributed by atoms with Gasteiger partial charge in [0, 0.05) is 24.9 Å². The quantitative estimate of drug-likeness (QED) is 0.574. The topological polar surface area (TPSA) is 120 Å². The highest BCUT2D eigenvalue weighted by Gasteiger charge is 2.32. The van der Waals surface area contributed by atoms with Crippen LogP contribution in [0.15, 0.2) is 24.3 Å². The van der Waals surface area contributed by atoms with Gasteiger partial charge in [0.2, 0.25) is 11.8 Å². The smallest absolute Gasteiger partial charge is 0.263 e. The lowest BCUT2D eigenvalue weighted by Crippen LogP contribution is -2.39. The summed E-state index contributed by atoms with van der Waals surface area (Å²) in [6.45, 7) is 7.70. The summed E-state index contributed by atoms with van der Waals surface area (Å²) in [6, 6.07) is 7.23.